The van der Waals surface area contributed by atoms with Crippen LogP contribution in [0.3, 0.4) is 0 Å². The van der Waals surface area contributed by atoms with Gasteiger partial charge in [-0.1, -0.05) is 41.9 Å². The zero-order valence-electron chi connectivity index (χ0n) is 13.6. The molecule has 1 heterocycles. The highest BCUT2D eigenvalue weighted by Gasteiger charge is 2.11. The number of para-hydroxylation sites is 1. The van der Waals surface area contributed by atoms with Crippen LogP contribution in [0.1, 0.15) is 11.1 Å². The van der Waals surface area contributed by atoms with E-state index in [1.165, 1.54) is 7.11 Å². The first-order valence-corrected chi connectivity index (χ1v) is 8.02. The number of carbonyl (C=O) groups excluding carboxylic acids is 1. The standard InChI is InChI=1S/C20H15ClN2O2/c1-25-20(24)13-23-12-16(18-4-2-3-5-19(18)23)10-15(11-22)14-6-8-17(21)9-7-14/h2-10,12H,13H2,1H3/b15-10-. The summed E-state index contributed by atoms with van der Waals surface area (Å²) >= 11 is 5.91. The van der Waals surface area contributed by atoms with Crippen LogP contribution in [0.4, 0.5) is 0 Å². The Balaban J connectivity index is 2.10. The van der Waals surface area contributed by atoms with Gasteiger partial charge in [0.2, 0.25) is 0 Å². The average molecular weight is 351 g/mol. The molecule has 0 atom stereocenters. The van der Waals surface area contributed by atoms with Crippen molar-refractivity contribution in [2.45, 2.75) is 6.54 Å². The maximum absolute atomic E-state index is 11.6. The molecule has 5 heteroatoms. The van der Waals surface area contributed by atoms with Gasteiger partial charge < -0.3 is 9.30 Å². The van der Waals surface area contributed by atoms with Crippen molar-refractivity contribution in [1.82, 2.24) is 4.57 Å². The quantitative estimate of drug-likeness (QED) is 0.513. The lowest BCUT2D eigenvalue weighted by atomic mass is 10.0. The van der Waals surface area contributed by atoms with E-state index in [-0.39, 0.29) is 12.5 Å². The molecule has 0 amide bonds. The normalized spacial score (nSPS) is 11.3. The minimum absolute atomic E-state index is 0.119. The van der Waals surface area contributed by atoms with E-state index in [0.29, 0.717) is 10.6 Å². The number of aromatic nitrogens is 1. The topological polar surface area (TPSA) is 55.0 Å². The molecule has 0 aliphatic carbocycles. The third kappa shape index (κ3) is 3.57. The molecule has 0 radical (unpaired) electrons. The maximum Gasteiger partial charge on any atom is 0.325 e. The van der Waals surface area contributed by atoms with E-state index in [1.54, 1.807) is 12.1 Å². The molecule has 0 spiro atoms. The van der Waals surface area contributed by atoms with Gasteiger partial charge in [-0.15, -0.1) is 0 Å². The van der Waals surface area contributed by atoms with Gasteiger partial charge in [-0.05, 0) is 29.8 Å². The maximum atomic E-state index is 11.6. The lowest BCUT2D eigenvalue weighted by Gasteiger charge is -2.02. The summed E-state index contributed by atoms with van der Waals surface area (Å²) < 4.78 is 6.58. The van der Waals surface area contributed by atoms with Gasteiger partial charge in [0.05, 0.1) is 18.8 Å². The van der Waals surface area contributed by atoms with Crippen molar-refractivity contribution < 1.29 is 9.53 Å². The van der Waals surface area contributed by atoms with Gasteiger partial charge in [-0.25, -0.2) is 0 Å². The summed E-state index contributed by atoms with van der Waals surface area (Å²) in [6.07, 6.45) is 3.67. The molecule has 3 rings (SSSR count). The summed E-state index contributed by atoms with van der Waals surface area (Å²) in [5.74, 6) is -0.325. The zero-order valence-corrected chi connectivity index (χ0v) is 14.3. The minimum Gasteiger partial charge on any atom is -0.468 e. The molecule has 25 heavy (non-hydrogen) atoms. The highest BCUT2D eigenvalue weighted by atomic mass is 35.5. The van der Waals surface area contributed by atoms with Crippen LogP contribution in [0, 0.1) is 11.3 Å². The van der Waals surface area contributed by atoms with Gasteiger partial charge >= 0.3 is 5.97 Å². The second kappa shape index (κ2) is 7.25. The first kappa shape index (κ1) is 16.8. The van der Waals surface area contributed by atoms with E-state index in [4.69, 9.17) is 16.3 Å². The average Bonchev–Trinajstić information content (AvgIpc) is 2.98. The van der Waals surface area contributed by atoms with Crippen molar-refractivity contribution in [3.63, 3.8) is 0 Å². The minimum atomic E-state index is -0.325. The number of esters is 1. The Morgan fingerprint density at radius 2 is 1.96 bits per heavy atom. The molecule has 3 aromatic rings. The van der Waals surface area contributed by atoms with Crippen LogP contribution in [-0.4, -0.2) is 17.6 Å². The second-order valence-electron chi connectivity index (χ2n) is 5.48. The number of rotatable bonds is 4. The van der Waals surface area contributed by atoms with E-state index >= 15 is 0 Å². The number of fused-ring (bicyclic) bond motifs is 1. The Labute approximate surface area is 150 Å². The number of hydrogen-bond donors (Lipinski definition) is 0. The monoisotopic (exact) mass is 350 g/mol. The van der Waals surface area contributed by atoms with E-state index in [9.17, 15) is 10.1 Å². The predicted octanol–water partition coefficient (Wildman–Crippen LogP) is 4.53. The van der Waals surface area contributed by atoms with Gasteiger partial charge in [-0.2, -0.15) is 5.26 Å². The van der Waals surface area contributed by atoms with Gasteiger partial charge in [0.15, 0.2) is 0 Å². The summed E-state index contributed by atoms with van der Waals surface area (Å²) in [5.41, 5.74) is 3.09. The first-order chi connectivity index (χ1) is 12.1. The van der Waals surface area contributed by atoms with Crippen molar-refractivity contribution in [2.75, 3.05) is 7.11 Å². The highest BCUT2D eigenvalue weighted by molar-refractivity contribution is 6.30. The lowest BCUT2D eigenvalue weighted by molar-refractivity contribution is -0.141. The number of methoxy groups -OCH3 is 1. The Bertz CT molecular complexity index is 995. The Morgan fingerprint density at radius 3 is 2.64 bits per heavy atom. The van der Waals surface area contributed by atoms with Crippen LogP contribution >= 0.6 is 11.6 Å². The SMILES string of the molecule is COC(=O)Cn1cc(/C=C(/C#N)c2ccc(Cl)cc2)c2ccccc21. The molecule has 4 nitrogen and oxygen atoms in total. The number of allylic oxidation sites excluding steroid dienone is 1. The fraction of sp³-hybridized carbons (Fsp3) is 0.100. The molecule has 124 valence electrons. The van der Waals surface area contributed by atoms with Crippen LogP contribution in [-0.2, 0) is 16.1 Å². The summed E-state index contributed by atoms with van der Waals surface area (Å²) in [6, 6.07) is 17.1. The van der Waals surface area contributed by atoms with E-state index < -0.39 is 0 Å². The zero-order chi connectivity index (χ0) is 17.8. The summed E-state index contributed by atoms with van der Waals surface area (Å²) in [6.45, 7) is 0.119. The fourth-order valence-electron chi connectivity index (χ4n) is 2.69. The Hall–Kier alpha value is -3.03. The molecular weight excluding hydrogens is 336 g/mol. The number of hydrogen-bond acceptors (Lipinski definition) is 3. The number of ether oxygens (including phenoxy) is 1. The molecule has 0 saturated heterocycles. The molecule has 0 aliphatic heterocycles. The van der Waals surface area contributed by atoms with Gasteiger partial charge in [0.1, 0.15) is 6.54 Å². The number of nitriles is 1. The van der Waals surface area contributed by atoms with Crippen molar-refractivity contribution >= 4 is 40.1 Å². The smallest absolute Gasteiger partial charge is 0.325 e. The molecule has 0 unspecified atom stereocenters. The molecular formula is C20H15ClN2O2. The van der Waals surface area contributed by atoms with Crippen LogP contribution < -0.4 is 0 Å². The summed E-state index contributed by atoms with van der Waals surface area (Å²) in [5, 5.41) is 11.1. The summed E-state index contributed by atoms with van der Waals surface area (Å²) in [7, 11) is 1.36. The van der Waals surface area contributed by atoms with Crippen LogP contribution in [0.5, 0.6) is 0 Å². The van der Waals surface area contributed by atoms with Crippen LogP contribution in [0.15, 0.2) is 54.7 Å². The van der Waals surface area contributed by atoms with E-state index in [2.05, 4.69) is 6.07 Å². The molecule has 0 aliphatic rings. The highest BCUT2D eigenvalue weighted by Crippen LogP contribution is 2.26. The van der Waals surface area contributed by atoms with Crippen LogP contribution in [0.25, 0.3) is 22.6 Å². The number of nitrogens with zero attached hydrogens (tertiary/aromatic N) is 2. The van der Waals surface area contributed by atoms with Crippen LogP contribution in [0.2, 0.25) is 5.02 Å². The molecule has 2 aromatic carbocycles. The summed E-state index contributed by atoms with van der Waals surface area (Å²) in [4.78, 5) is 11.6. The molecule has 0 N–H and O–H groups in total. The van der Waals surface area contributed by atoms with Gasteiger partial charge in [0, 0.05) is 27.7 Å². The molecule has 0 fully saturated rings. The molecule has 1 aromatic heterocycles. The van der Waals surface area contributed by atoms with Crippen molar-refractivity contribution in [1.29, 1.82) is 5.26 Å². The first-order valence-electron chi connectivity index (χ1n) is 7.65. The molecule has 0 saturated carbocycles. The van der Waals surface area contributed by atoms with Gasteiger partial charge in [-0.3, -0.25) is 4.79 Å². The lowest BCUT2D eigenvalue weighted by Crippen LogP contribution is -2.10. The predicted molar refractivity (Wildman–Crippen MR) is 98.9 cm³/mol. The van der Waals surface area contributed by atoms with E-state index in [0.717, 1.165) is 22.0 Å². The molecule has 0 bridgehead atoms. The Morgan fingerprint density at radius 1 is 1.24 bits per heavy atom. The van der Waals surface area contributed by atoms with Crippen molar-refractivity contribution in [2.24, 2.45) is 0 Å². The Kier molecular flexibility index (Phi) is 4.87. The third-order valence-corrected chi connectivity index (χ3v) is 4.17. The van der Waals surface area contributed by atoms with E-state index in [1.807, 2.05) is 53.2 Å². The second-order valence-corrected chi connectivity index (χ2v) is 5.92. The van der Waals surface area contributed by atoms with Gasteiger partial charge in [0.25, 0.3) is 0 Å². The van der Waals surface area contributed by atoms with Crippen molar-refractivity contribution in [3.8, 4) is 6.07 Å². The number of carbonyl (C=O) groups is 1. The largest absolute Gasteiger partial charge is 0.468 e. The number of benzene rings is 2. The third-order valence-electron chi connectivity index (χ3n) is 3.92. The fourth-order valence-corrected chi connectivity index (χ4v) is 2.82. The van der Waals surface area contributed by atoms with Crippen molar-refractivity contribution in [3.05, 3.63) is 70.9 Å². The number of halogens is 1.